The minimum Gasteiger partial charge on any atom is -0.497 e. The zero-order valence-electron chi connectivity index (χ0n) is 25.1. The van der Waals surface area contributed by atoms with E-state index in [-0.39, 0.29) is 41.2 Å². The van der Waals surface area contributed by atoms with Crippen LogP contribution in [-0.4, -0.2) is 84.2 Å². The monoisotopic (exact) mass is 642 g/mol. The van der Waals surface area contributed by atoms with Gasteiger partial charge in [-0.2, -0.15) is 0 Å². The molecule has 2 aliphatic rings. The first-order chi connectivity index (χ1) is 22.0. The summed E-state index contributed by atoms with van der Waals surface area (Å²) in [6, 6.07) is 14.6. The molecule has 2 fully saturated rings. The summed E-state index contributed by atoms with van der Waals surface area (Å²) < 4.78 is 61.1. The fourth-order valence-corrected chi connectivity index (χ4v) is 5.73. The average molecular weight is 643 g/mol. The highest BCUT2D eigenvalue weighted by atomic mass is 19.4. The van der Waals surface area contributed by atoms with Crippen LogP contribution in [0.1, 0.15) is 56.0 Å². The Balaban J connectivity index is 1.07. The Kier molecular flexibility index (Phi) is 10.2. The number of ether oxygens (including phenoxy) is 2. The van der Waals surface area contributed by atoms with Crippen LogP contribution >= 0.6 is 0 Å². The highest BCUT2D eigenvalue weighted by Crippen LogP contribution is 2.26. The summed E-state index contributed by atoms with van der Waals surface area (Å²) >= 11 is 0. The first-order valence-corrected chi connectivity index (χ1v) is 14.9. The minimum atomic E-state index is -4.77. The highest BCUT2D eigenvalue weighted by molar-refractivity contribution is 5.99. The molecule has 13 heteroatoms. The molecule has 2 aliphatic heterocycles. The summed E-state index contributed by atoms with van der Waals surface area (Å²) in [5.74, 6) is -0.598. The van der Waals surface area contributed by atoms with E-state index in [4.69, 9.17) is 4.74 Å². The Labute approximate surface area is 263 Å². The van der Waals surface area contributed by atoms with Gasteiger partial charge >= 0.3 is 6.36 Å². The normalized spacial score (nSPS) is 19.4. The SMILES string of the molecule is COc1ccc(C(=O)C2CCN(C(=O)c3ccc(C(=O)N[C@@H]4CCN(Cc5ccc(OC(F)(F)F)cc5)C[C@@H]4F)cn3)CC2)cc1. The molecule has 9 nitrogen and oxygen atoms in total. The lowest BCUT2D eigenvalue weighted by Crippen LogP contribution is -2.52. The lowest BCUT2D eigenvalue weighted by atomic mass is 9.88. The van der Waals surface area contributed by atoms with Crippen LogP contribution < -0.4 is 14.8 Å². The fraction of sp³-hybridized carbons (Fsp3) is 0.394. The maximum atomic E-state index is 15.0. The van der Waals surface area contributed by atoms with Crippen molar-refractivity contribution < 1.29 is 41.4 Å². The molecule has 2 saturated heterocycles. The van der Waals surface area contributed by atoms with Gasteiger partial charge in [0.1, 0.15) is 23.4 Å². The van der Waals surface area contributed by atoms with Gasteiger partial charge in [0.15, 0.2) is 5.78 Å². The van der Waals surface area contributed by atoms with Crippen molar-refractivity contribution in [1.29, 1.82) is 0 Å². The Hall–Kier alpha value is -4.52. The lowest BCUT2D eigenvalue weighted by Gasteiger charge is -2.35. The molecule has 2 atom stereocenters. The summed E-state index contributed by atoms with van der Waals surface area (Å²) in [6.45, 7) is 1.66. The van der Waals surface area contributed by atoms with E-state index in [2.05, 4.69) is 15.0 Å². The highest BCUT2D eigenvalue weighted by Gasteiger charge is 2.33. The number of carbonyl (C=O) groups excluding carboxylic acids is 3. The van der Waals surface area contributed by atoms with Crippen molar-refractivity contribution in [3.05, 3.63) is 89.2 Å². The molecule has 0 bridgehead atoms. The number of amides is 2. The summed E-state index contributed by atoms with van der Waals surface area (Å²) in [5.41, 5.74) is 1.68. The smallest absolute Gasteiger partial charge is 0.497 e. The number of Topliss-reactive ketones (excluding diaryl/α,β-unsaturated/α-hetero) is 1. The number of halogens is 4. The maximum Gasteiger partial charge on any atom is 0.573 e. The topological polar surface area (TPSA) is 101 Å². The van der Waals surface area contributed by atoms with Gasteiger partial charge in [0.2, 0.25) is 0 Å². The number of hydrogen-bond donors (Lipinski definition) is 1. The lowest BCUT2D eigenvalue weighted by molar-refractivity contribution is -0.274. The number of methoxy groups -OCH3 is 1. The second-order valence-electron chi connectivity index (χ2n) is 11.4. The number of rotatable bonds is 9. The van der Waals surface area contributed by atoms with E-state index in [0.717, 1.165) is 0 Å². The number of aromatic nitrogens is 1. The molecule has 1 aromatic heterocycles. The van der Waals surface area contributed by atoms with Gasteiger partial charge in [-0.1, -0.05) is 12.1 Å². The number of pyridine rings is 1. The van der Waals surface area contributed by atoms with Gasteiger partial charge in [-0.05, 0) is 73.4 Å². The van der Waals surface area contributed by atoms with Gasteiger partial charge in [0.25, 0.3) is 11.8 Å². The van der Waals surface area contributed by atoms with Crippen molar-refractivity contribution in [2.45, 2.75) is 44.4 Å². The molecule has 244 valence electrons. The number of likely N-dealkylation sites (tertiary alicyclic amines) is 2. The van der Waals surface area contributed by atoms with Crippen LogP contribution in [0.4, 0.5) is 17.6 Å². The third kappa shape index (κ3) is 8.39. The van der Waals surface area contributed by atoms with Crippen LogP contribution in [0, 0.1) is 5.92 Å². The van der Waals surface area contributed by atoms with Gasteiger partial charge in [0, 0.05) is 50.4 Å². The van der Waals surface area contributed by atoms with E-state index < -0.39 is 24.5 Å². The van der Waals surface area contributed by atoms with Gasteiger partial charge in [-0.3, -0.25) is 24.3 Å². The molecule has 46 heavy (non-hydrogen) atoms. The Morgan fingerprint density at radius 2 is 1.54 bits per heavy atom. The van der Waals surface area contributed by atoms with E-state index in [0.29, 0.717) is 62.3 Å². The molecule has 0 spiro atoms. The quantitative estimate of drug-likeness (QED) is 0.257. The zero-order valence-corrected chi connectivity index (χ0v) is 25.1. The number of alkyl halides is 4. The standard InChI is InChI=1S/C33H34F4N4O5/c1-45-25-9-4-22(5-10-25)30(42)23-12-16-41(17-13-23)32(44)29-11-6-24(18-38-29)31(43)39-28-14-15-40(20-27(28)34)19-21-2-7-26(8-3-21)46-33(35,36)37/h2-11,18,23,27-28H,12-17,19-20H2,1H3,(H,39,43)/t27-,28+/m0/s1. The Morgan fingerprint density at radius 3 is 2.13 bits per heavy atom. The number of hydrogen-bond acceptors (Lipinski definition) is 7. The maximum absolute atomic E-state index is 15.0. The second-order valence-corrected chi connectivity index (χ2v) is 11.4. The molecule has 3 heterocycles. The molecule has 2 aromatic carbocycles. The molecule has 3 aromatic rings. The van der Waals surface area contributed by atoms with Gasteiger partial charge in [-0.25, -0.2) is 4.39 Å². The molecule has 0 unspecified atom stereocenters. The second kappa shape index (κ2) is 14.3. The number of carbonyl (C=O) groups is 3. The van der Waals surface area contributed by atoms with Crippen molar-refractivity contribution in [3.63, 3.8) is 0 Å². The predicted octanol–water partition coefficient (Wildman–Crippen LogP) is 5.07. The molecular weight excluding hydrogens is 608 g/mol. The van der Waals surface area contributed by atoms with E-state index in [1.807, 2.05) is 4.90 Å². The molecule has 0 radical (unpaired) electrons. The first-order valence-electron chi connectivity index (χ1n) is 14.9. The molecule has 1 N–H and O–H groups in total. The van der Waals surface area contributed by atoms with Crippen molar-refractivity contribution >= 4 is 17.6 Å². The molecule has 5 rings (SSSR count). The van der Waals surface area contributed by atoms with Crippen LogP contribution in [0.25, 0.3) is 0 Å². The molecular formula is C33H34F4N4O5. The Morgan fingerprint density at radius 1 is 0.891 bits per heavy atom. The molecule has 0 saturated carbocycles. The van der Waals surface area contributed by atoms with Crippen LogP contribution in [0.5, 0.6) is 11.5 Å². The number of ketones is 1. The van der Waals surface area contributed by atoms with E-state index in [1.54, 1.807) is 36.3 Å². The number of nitrogens with zero attached hydrogens (tertiary/aromatic N) is 3. The minimum absolute atomic E-state index is 0.0394. The summed E-state index contributed by atoms with van der Waals surface area (Å²) in [5, 5.41) is 2.71. The van der Waals surface area contributed by atoms with E-state index in [9.17, 15) is 27.6 Å². The molecule has 2 amide bonds. The van der Waals surface area contributed by atoms with E-state index >= 15 is 4.39 Å². The number of nitrogens with one attached hydrogen (secondary N) is 1. The van der Waals surface area contributed by atoms with Gasteiger partial charge < -0.3 is 19.7 Å². The van der Waals surface area contributed by atoms with Crippen LogP contribution in [0.2, 0.25) is 0 Å². The van der Waals surface area contributed by atoms with Gasteiger partial charge in [-0.15, -0.1) is 13.2 Å². The van der Waals surface area contributed by atoms with Crippen molar-refractivity contribution in [2.75, 3.05) is 33.3 Å². The Bertz CT molecular complexity index is 1510. The van der Waals surface area contributed by atoms with Crippen LogP contribution in [0.15, 0.2) is 66.9 Å². The summed E-state index contributed by atoms with van der Waals surface area (Å²) in [4.78, 5) is 46.4. The van der Waals surface area contributed by atoms with Crippen LogP contribution in [0.3, 0.4) is 0 Å². The van der Waals surface area contributed by atoms with Crippen molar-refractivity contribution in [2.24, 2.45) is 5.92 Å². The van der Waals surface area contributed by atoms with Gasteiger partial charge in [0.05, 0.1) is 18.7 Å². The first kappa shape index (κ1) is 32.9. The summed E-state index contributed by atoms with van der Waals surface area (Å²) in [7, 11) is 1.56. The largest absolute Gasteiger partial charge is 0.573 e. The van der Waals surface area contributed by atoms with Crippen molar-refractivity contribution in [3.8, 4) is 11.5 Å². The zero-order chi connectivity index (χ0) is 32.8. The molecule has 0 aliphatic carbocycles. The summed E-state index contributed by atoms with van der Waals surface area (Å²) in [6.07, 6.45) is -3.45. The van der Waals surface area contributed by atoms with E-state index in [1.165, 1.54) is 42.6 Å². The van der Waals surface area contributed by atoms with Crippen molar-refractivity contribution in [1.82, 2.24) is 20.1 Å². The number of piperidine rings is 2. The predicted molar refractivity (Wildman–Crippen MR) is 159 cm³/mol. The third-order valence-corrected chi connectivity index (χ3v) is 8.28. The number of benzene rings is 2. The van der Waals surface area contributed by atoms with Crippen LogP contribution in [-0.2, 0) is 6.54 Å². The average Bonchev–Trinajstić information content (AvgIpc) is 3.05. The fourth-order valence-electron chi connectivity index (χ4n) is 5.73. The third-order valence-electron chi connectivity index (χ3n) is 8.28.